The van der Waals surface area contributed by atoms with Crippen LogP contribution in [0.5, 0.6) is 0 Å². The Morgan fingerprint density at radius 1 is 1.19 bits per heavy atom. The van der Waals surface area contributed by atoms with Gasteiger partial charge in [0.15, 0.2) is 11.6 Å². The molecule has 0 heterocycles. The molecule has 0 atom stereocenters. The van der Waals surface area contributed by atoms with E-state index in [0.29, 0.717) is 22.6 Å². The maximum Gasteiger partial charge on any atom is 0.338 e. The van der Waals surface area contributed by atoms with Crippen molar-refractivity contribution >= 4 is 23.0 Å². The van der Waals surface area contributed by atoms with Crippen molar-refractivity contribution in [1.82, 2.24) is 0 Å². The molecular weight excluding hydrogens is 278 g/mol. The lowest BCUT2D eigenvalue weighted by Crippen LogP contribution is -2.06. The number of rotatable bonds is 4. The zero-order valence-electron chi connectivity index (χ0n) is 11.3. The van der Waals surface area contributed by atoms with Crippen LogP contribution in [0.4, 0.5) is 25.8 Å². The molecule has 4 nitrogen and oxygen atoms in total. The molecule has 2 aromatic rings. The number of benzene rings is 2. The van der Waals surface area contributed by atoms with Crippen LogP contribution in [0.1, 0.15) is 17.3 Å². The topological polar surface area (TPSA) is 64.3 Å². The summed E-state index contributed by atoms with van der Waals surface area (Å²) < 4.78 is 30.8. The molecule has 2 rings (SSSR count). The number of carbonyl (C=O) groups excluding carboxylic acids is 1. The predicted octanol–water partition coefficient (Wildman–Crippen LogP) is 3.47. The molecule has 3 N–H and O–H groups in total. The molecule has 0 aromatic heterocycles. The second-order valence-corrected chi connectivity index (χ2v) is 4.28. The van der Waals surface area contributed by atoms with Gasteiger partial charge in [0, 0.05) is 11.8 Å². The van der Waals surface area contributed by atoms with Gasteiger partial charge < -0.3 is 15.8 Å². The third-order valence-corrected chi connectivity index (χ3v) is 2.76. The Bertz CT molecular complexity index is 675. The number of hydrogen-bond donors (Lipinski definition) is 2. The molecule has 21 heavy (non-hydrogen) atoms. The first-order valence-electron chi connectivity index (χ1n) is 6.30. The van der Waals surface area contributed by atoms with E-state index in [1.165, 1.54) is 18.2 Å². The van der Waals surface area contributed by atoms with E-state index < -0.39 is 17.6 Å². The van der Waals surface area contributed by atoms with Crippen LogP contribution in [-0.2, 0) is 4.74 Å². The van der Waals surface area contributed by atoms with Gasteiger partial charge in [-0.1, -0.05) is 0 Å². The summed E-state index contributed by atoms with van der Waals surface area (Å²) in [5.74, 6) is -2.35. The van der Waals surface area contributed by atoms with E-state index in [4.69, 9.17) is 10.5 Å². The van der Waals surface area contributed by atoms with Gasteiger partial charge >= 0.3 is 5.97 Å². The minimum atomic E-state index is -0.957. The van der Waals surface area contributed by atoms with Crippen LogP contribution in [0.3, 0.4) is 0 Å². The summed E-state index contributed by atoms with van der Waals surface area (Å²) >= 11 is 0. The van der Waals surface area contributed by atoms with Gasteiger partial charge in [-0.05, 0) is 37.3 Å². The summed E-state index contributed by atoms with van der Waals surface area (Å²) in [5.41, 5.74) is 7.29. The maximum atomic E-state index is 13.1. The summed E-state index contributed by atoms with van der Waals surface area (Å²) in [6.07, 6.45) is 0. The number of carbonyl (C=O) groups is 1. The highest BCUT2D eigenvalue weighted by Crippen LogP contribution is 2.25. The molecule has 0 aliphatic heterocycles. The second-order valence-electron chi connectivity index (χ2n) is 4.28. The first kappa shape index (κ1) is 14.8. The van der Waals surface area contributed by atoms with E-state index in [-0.39, 0.29) is 6.61 Å². The number of hydrogen-bond acceptors (Lipinski definition) is 4. The molecule has 0 saturated heterocycles. The molecule has 2 aromatic carbocycles. The van der Waals surface area contributed by atoms with E-state index in [1.807, 2.05) is 0 Å². The highest BCUT2D eigenvalue weighted by Gasteiger charge is 2.10. The minimum absolute atomic E-state index is 0.271. The van der Waals surface area contributed by atoms with Crippen LogP contribution in [0.2, 0.25) is 0 Å². The van der Waals surface area contributed by atoms with E-state index in [9.17, 15) is 13.6 Å². The Morgan fingerprint density at radius 2 is 1.95 bits per heavy atom. The summed E-state index contributed by atoms with van der Waals surface area (Å²) in [5, 5.41) is 2.85. The van der Waals surface area contributed by atoms with Crippen LogP contribution in [0.15, 0.2) is 36.4 Å². The molecule has 0 spiro atoms. The molecule has 6 heteroatoms. The number of esters is 1. The zero-order chi connectivity index (χ0) is 15.4. The first-order valence-corrected chi connectivity index (χ1v) is 6.30. The van der Waals surface area contributed by atoms with Crippen LogP contribution in [-0.4, -0.2) is 12.6 Å². The number of ether oxygens (including phenoxy) is 1. The van der Waals surface area contributed by atoms with Gasteiger partial charge in [0.05, 0.1) is 23.5 Å². The Labute approximate surface area is 120 Å². The Balaban J connectivity index is 2.21. The predicted molar refractivity (Wildman–Crippen MR) is 76.5 cm³/mol. The molecule has 0 amide bonds. The number of nitrogens with two attached hydrogens (primary N) is 1. The van der Waals surface area contributed by atoms with Crippen molar-refractivity contribution in [3.63, 3.8) is 0 Å². The van der Waals surface area contributed by atoms with Crippen LogP contribution >= 0.6 is 0 Å². The van der Waals surface area contributed by atoms with E-state index in [2.05, 4.69) is 5.32 Å². The molecular formula is C15H14F2N2O2. The molecule has 0 aliphatic carbocycles. The van der Waals surface area contributed by atoms with Gasteiger partial charge in [-0.3, -0.25) is 0 Å². The van der Waals surface area contributed by atoms with Crippen molar-refractivity contribution in [2.45, 2.75) is 6.92 Å². The lowest BCUT2D eigenvalue weighted by atomic mass is 10.1. The molecule has 0 aliphatic rings. The highest BCUT2D eigenvalue weighted by atomic mass is 19.2. The van der Waals surface area contributed by atoms with Crippen molar-refractivity contribution in [2.24, 2.45) is 0 Å². The minimum Gasteiger partial charge on any atom is -0.462 e. The van der Waals surface area contributed by atoms with Crippen LogP contribution in [0.25, 0.3) is 0 Å². The summed E-state index contributed by atoms with van der Waals surface area (Å²) in [7, 11) is 0. The Kier molecular flexibility index (Phi) is 4.37. The SMILES string of the molecule is CCOC(=O)c1ccc(Nc2ccc(F)c(F)c2)c(N)c1. The highest BCUT2D eigenvalue weighted by molar-refractivity contribution is 5.92. The van der Waals surface area contributed by atoms with Gasteiger partial charge in [-0.15, -0.1) is 0 Å². The number of anilines is 3. The van der Waals surface area contributed by atoms with Crippen molar-refractivity contribution in [3.05, 3.63) is 53.6 Å². The van der Waals surface area contributed by atoms with Gasteiger partial charge in [0.2, 0.25) is 0 Å². The van der Waals surface area contributed by atoms with Gasteiger partial charge in [-0.2, -0.15) is 0 Å². The fraction of sp³-hybridized carbons (Fsp3) is 0.133. The quantitative estimate of drug-likeness (QED) is 0.669. The van der Waals surface area contributed by atoms with Crippen molar-refractivity contribution in [3.8, 4) is 0 Å². The number of nitrogens with one attached hydrogen (secondary N) is 1. The Morgan fingerprint density at radius 3 is 2.57 bits per heavy atom. The lowest BCUT2D eigenvalue weighted by Gasteiger charge is -2.11. The average Bonchev–Trinajstić information content (AvgIpc) is 2.45. The molecule has 0 saturated carbocycles. The third kappa shape index (κ3) is 3.47. The molecule has 0 bridgehead atoms. The monoisotopic (exact) mass is 292 g/mol. The fourth-order valence-electron chi connectivity index (χ4n) is 1.75. The average molecular weight is 292 g/mol. The number of nitrogen functional groups attached to an aromatic ring is 1. The summed E-state index contributed by atoms with van der Waals surface area (Å²) in [6, 6.07) is 7.99. The first-order chi connectivity index (χ1) is 10.0. The largest absolute Gasteiger partial charge is 0.462 e. The Hall–Kier alpha value is -2.63. The van der Waals surface area contributed by atoms with Crippen LogP contribution in [0, 0.1) is 11.6 Å². The number of halogens is 2. The van der Waals surface area contributed by atoms with Crippen LogP contribution < -0.4 is 11.1 Å². The zero-order valence-corrected chi connectivity index (χ0v) is 11.3. The second kappa shape index (κ2) is 6.21. The van der Waals surface area contributed by atoms with Gasteiger partial charge in [-0.25, -0.2) is 13.6 Å². The molecule has 110 valence electrons. The van der Waals surface area contributed by atoms with Gasteiger partial charge in [0.25, 0.3) is 0 Å². The van der Waals surface area contributed by atoms with Gasteiger partial charge in [0.1, 0.15) is 0 Å². The van der Waals surface area contributed by atoms with Crippen molar-refractivity contribution in [1.29, 1.82) is 0 Å². The van der Waals surface area contributed by atoms with E-state index in [1.54, 1.807) is 13.0 Å². The van der Waals surface area contributed by atoms with E-state index >= 15 is 0 Å². The smallest absolute Gasteiger partial charge is 0.338 e. The lowest BCUT2D eigenvalue weighted by molar-refractivity contribution is 0.0526. The van der Waals surface area contributed by atoms with E-state index in [0.717, 1.165) is 12.1 Å². The standard InChI is InChI=1S/C15H14F2N2O2/c1-2-21-15(20)9-3-6-14(13(18)7-9)19-10-4-5-11(16)12(17)8-10/h3-8,19H,2,18H2,1H3. The summed E-state index contributed by atoms with van der Waals surface area (Å²) in [6.45, 7) is 1.98. The normalized spacial score (nSPS) is 10.2. The molecule has 0 fully saturated rings. The fourth-order valence-corrected chi connectivity index (χ4v) is 1.75. The van der Waals surface area contributed by atoms with Crippen molar-refractivity contribution in [2.75, 3.05) is 17.7 Å². The molecule has 0 unspecified atom stereocenters. The molecule has 0 radical (unpaired) electrons. The third-order valence-electron chi connectivity index (χ3n) is 2.76. The van der Waals surface area contributed by atoms with Crippen molar-refractivity contribution < 1.29 is 18.3 Å². The maximum absolute atomic E-state index is 13.1. The summed E-state index contributed by atoms with van der Waals surface area (Å²) in [4.78, 5) is 11.6.